The standard InChI is InChI=1S/C31H28Cl2N4O2/c1-21(38)30-34-37(24-10-5-4-6-11-24)31(36(30)23-18-16-22(17-19-23)35(2)3)25-12-7-8-15-29(25)39-20-26-27(32)13-9-14-28(26)33/h4-19,31H,20H2,1-3H3/t31-/m1/s1. The highest BCUT2D eigenvalue weighted by Crippen LogP contribution is 2.42. The van der Waals surface area contributed by atoms with Crippen LogP contribution in [0.1, 0.15) is 24.2 Å². The van der Waals surface area contributed by atoms with E-state index in [0.29, 0.717) is 27.2 Å². The van der Waals surface area contributed by atoms with Gasteiger partial charge in [-0.15, -0.1) is 5.10 Å². The lowest BCUT2D eigenvalue weighted by molar-refractivity contribution is -0.111. The first kappa shape index (κ1) is 26.6. The van der Waals surface area contributed by atoms with Gasteiger partial charge >= 0.3 is 0 Å². The minimum absolute atomic E-state index is 0.142. The zero-order chi connectivity index (χ0) is 27.5. The number of ketones is 1. The average Bonchev–Trinajstić information content (AvgIpc) is 3.34. The maximum atomic E-state index is 13.0. The summed E-state index contributed by atoms with van der Waals surface area (Å²) in [5.74, 6) is 0.830. The average molecular weight is 559 g/mol. The number of ether oxygens (including phenoxy) is 1. The Morgan fingerprint density at radius 2 is 1.49 bits per heavy atom. The lowest BCUT2D eigenvalue weighted by Crippen LogP contribution is -2.38. The van der Waals surface area contributed by atoms with E-state index >= 15 is 0 Å². The van der Waals surface area contributed by atoms with Gasteiger partial charge in [0, 0.05) is 53.6 Å². The number of amidine groups is 1. The highest BCUT2D eigenvalue weighted by Gasteiger charge is 2.40. The van der Waals surface area contributed by atoms with Crippen LogP contribution in [0.2, 0.25) is 10.0 Å². The number of carbonyl (C=O) groups excluding carboxylic acids is 1. The zero-order valence-corrected chi connectivity index (χ0v) is 23.4. The Bertz CT molecular complexity index is 1490. The van der Waals surface area contributed by atoms with E-state index in [-0.39, 0.29) is 12.4 Å². The SMILES string of the molecule is CC(=O)C1=NN(c2ccccc2)[C@H](c2ccccc2OCc2c(Cl)cccc2Cl)N1c1ccc(N(C)C)cc1. The second-order valence-electron chi connectivity index (χ2n) is 9.34. The molecule has 0 bridgehead atoms. The van der Waals surface area contributed by atoms with E-state index in [0.717, 1.165) is 22.6 Å². The molecule has 0 aliphatic carbocycles. The second-order valence-corrected chi connectivity index (χ2v) is 10.2. The molecule has 0 unspecified atom stereocenters. The zero-order valence-electron chi connectivity index (χ0n) is 21.9. The van der Waals surface area contributed by atoms with Crippen LogP contribution in [0, 0.1) is 0 Å². The van der Waals surface area contributed by atoms with Crippen LogP contribution in [-0.2, 0) is 11.4 Å². The summed E-state index contributed by atoms with van der Waals surface area (Å²) in [5.41, 5.74) is 4.27. The van der Waals surface area contributed by atoms with Crippen molar-refractivity contribution >= 4 is 51.9 Å². The van der Waals surface area contributed by atoms with E-state index in [1.165, 1.54) is 6.92 Å². The summed E-state index contributed by atoms with van der Waals surface area (Å²) in [5, 5.41) is 7.78. The van der Waals surface area contributed by atoms with Crippen LogP contribution in [0.25, 0.3) is 0 Å². The first-order chi connectivity index (χ1) is 18.8. The molecule has 0 fully saturated rings. The number of anilines is 3. The van der Waals surface area contributed by atoms with Crippen molar-refractivity contribution < 1.29 is 9.53 Å². The Morgan fingerprint density at radius 1 is 0.846 bits per heavy atom. The maximum Gasteiger partial charge on any atom is 0.198 e. The third-order valence-corrected chi connectivity index (χ3v) is 7.23. The van der Waals surface area contributed by atoms with Crippen LogP contribution >= 0.6 is 23.2 Å². The van der Waals surface area contributed by atoms with Gasteiger partial charge in [-0.1, -0.05) is 65.7 Å². The summed E-state index contributed by atoms with van der Waals surface area (Å²) < 4.78 is 6.35. The van der Waals surface area contributed by atoms with Gasteiger partial charge in [-0.2, -0.15) is 0 Å². The van der Waals surface area contributed by atoms with Gasteiger partial charge in [0.15, 0.2) is 17.8 Å². The molecule has 0 radical (unpaired) electrons. The summed E-state index contributed by atoms with van der Waals surface area (Å²) in [6, 6.07) is 31.0. The van der Waals surface area contributed by atoms with Crippen molar-refractivity contribution in [2.24, 2.45) is 5.10 Å². The second kappa shape index (κ2) is 11.4. The minimum atomic E-state index is -0.491. The van der Waals surface area contributed by atoms with Crippen LogP contribution in [0.15, 0.2) is 102 Å². The molecule has 39 heavy (non-hydrogen) atoms. The van der Waals surface area contributed by atoms with Gasteiger partial charge in [0.05, 0.1) is 5.69 Å². The topological polar surface area (TPSA) is 48.4 Å². The first-order valence-corrected chi connectivity index (χ1v) is 13.3. The Kier molecular flexibility index (Phi) is 7.77. The van der Waals surface area contributed by atoms with Crippen LogP contribution < -0.4 is 19.5 Å². The minimum Gasteiger partial charge on any atom is -0.488 e. The van der Waals surface area contributed by atoms with E-state index in [4.69, 9.17) is 33.0 Å². The molecule has 8 heteroatoms. The van der Waals surface area contributed by atoms with Crippen molar-refractivity contribution in [3.63, 3.8) is 0 Å². The molecule has 1 aliphatic heterocycles. The number of hydrazone groups is 1. The van der Waals surface area contributed by atoms with Crippen molar-refractivity contribution in [1.29, 1.82) is 0 Å². The summed E-state index contributed by atoms with van der Waals surface area (Å²) in [7, 11) is 3.98. The number of nitrogens with zero attached hydrogens (tertiary/aromatic N) is 4. The smallest absolute Gasteiger partial charge is 0.198 e. The lowest BCUT2D eigenvalue weighted by Gasteiger charge is -2.33. The van der Waals surface area contributed by atoms with E-state index in [2.05, 4.69) is 0 Å². The molecule has 0 aromatic heterocycles. The van der Waals surface area contributed by atoms with Crippen LogP contribution in [0.5, 0.6) is 5.75 Å². The van der Waals surface area contributed by atoms with Gasteiger partial charge in [0.1, 0.15) is 12.4 Å². The van der Waals surface area contributed by atoms with Gasteiger partial charge in [0.2, 0.25) is 0 Å². The molecule has 4 aromatic rings. The first-order valence-electron chi connectivity index (χ1n) is 12.5. The molecule has 0 saturated heterocycles. The fourth-order valence-corrected chi connectivity index (χ4v) is 5.05. The lowest BCUT2D eigenvalue weighted by atomic mass is 10.1. The van der Waals surface area contributed by atoms with Gasteiger partial charge in [-0.05, 0) is 54.6 Å². The largest absolute Gasteiger partial charge is 0.488 e. The molecule has 0 spiro atoms. The summed E-state index contributed by atoms with van der Waals surface area (Å²) in [6.45, 7) is 1.72. The van der Waals surface area contributed by atoms with Gasteiger partial charge in [-0.3, -0.25) is 9.69 Å². The molecule has 4 aromatic carbocycles. The van der Waals surface area contributed by atoms with Gasteiger partial charge in [-0.25, -0.2) is 5.01 Å². The molecule has 198 valence electrons. The molecule has 1 aliphatic rings. The molecule has 1 heterocycles. The molecule has 0 saturated carbocycles. The van der Waals surface area contributed by atoms with E-state index in [1.807, 2.05) is 108 Å². The predicted molar refractivity (Wildman–Crippen MR) is 160 cm³/mol. The third-order valence-electron chi connectivity index (χ3n) is 6.52. The number of rotatable bonds is 8. The Labute approximate surface area is 238 Å². The van der Waals surface area contributed by atoms with Crippen molar-refractivity contribution in [3.05, 3.63) is 118 Å². The van der Waals surface area contributed by atoms with E-state index < -0.39 is 6.17 Å². The Balaban J connectivity index is 1.62. The van der Waals surface area contributed by atoms with E-state index in [1.54, 1.807) is 18.2 Å². The van der Waals surface area contributed by atoms with Crippen molar-refractivity contribution in [3.8, 4) is 5.75 Å². The number of halogens is 2. The summed E-state index contributed by atoms with van der Waals surface area (Å²) in [6.07, 6.45) is -0.491. The number of benzene rings is 4. The third kappa shape index (κ3) is 5.44. The summed E-state index contributed by atoms with van der Waals surface area (Å²) >= 11 is 12.8. The molecule has 5 rings (SSSR count). The number of carbonyl (C=O) groups is 1. The highest BCUT2D eigenvalue weighted by molar-refractivity contribution is 6.44. The molecule has 6 nitrogen and oxygen atoms in total. The molecule has 1 atom stereocenters. The van der Waals surface area contributed by atoms with Gasteiger partial charge < -0.3 is 9.64 Å². The quantitative estimate of drug-likeness (QED) is 0.223. The van der Waals surface area contributed by atoms with Crippen molar-refractivity contribution in [1.82, 2.24) is 0 Å². The summed E-state index contributed by atoms with van der Waals surface area (Å²) in [4.78, 5) is 17.0. The monoisotopic (exact) mass is 558 g/mol. The predicted octanol–water partition coefficient (Wildman–Crippen LogP) is 7.57. The molecular weight excluding hydrogens is 531 g/mol. The molecule has 0 amide bonds. The number of para-hydroxylation sites is 2. The normalized spacial score (nSPS) is 14.8. The van der Waals surface area contributed by atoms with Crippen LogP contribution in [0.3, 0.4) is 0 Å². The van der Waals surface area contributed by atoms with Crippen LogP contribution in [0.4, 0.5) is 17.1 Å². The number of hydrogen-bond donors (Lipinski definition) is 0. The molecular formula is C31H28Cl2N4O2. The number of Topliss-reactive ketones (excluding diaryl/α,β-unsaturated/α-hetero) is 1. The van der Waals surface area contributed by atoms with Gasteiger partial charge in [0.25, 0.3) is 0 Å². The fourth-order valence-electron chi connectivity index (χ4n) is 4.54. The Morgan fingerprint density at radius 3 is 2.13 bits per heavy atom. The number of hydrogen-bond acceptors (Lipinski definition) is 6. The highest BCUT2D eigenvalue weighted by atomic mass is 35.5. The Hall–Kier alpha value is -4.00. The maximum absolute atomic E-state index is 13.0. The van der Waals surface area contributed by atoms with Crippen molar-refractivity contribution in [2.45, 2.75) is 19.7 Å². The van der Waals surface area contributed by atoms with Crippen molar-refractivity contribution in [2.75, 3.05) is 28.9 Å². The fraction of sp³-hybridized carbons (Fsp3) is 0.161. The van der Waals surface area contributed by atoms with Crippen LogP contribution in [-0.4, -0.2) is 25.7 Å². The molecule has 0 N–H and O–H groups in total. The van der Waals surface area contributed by atoms with E-state index in [9.17, 15) is 4.79 Å².